The van der Waals surface area contributed by atoms with Gasteiger partial charge in [0.1, 0.15) is 0 Å². The predicted octanol–water partition coefficient (Wildman–Crippen LogP) is 3.41. The Hall–Kier alpha value is -1.48. The summed E-state index contributed by atoms with van der Waals surface area (Å²) >= 11 is 1.87. The Morgan fingerprint density at radius 3 is 2.48 bits per heavy atom. The molecule has 0 aliphatic heterocycles. The summed E-state index contributed by atoms with van der Waals surface area (Å²) in [7, 11) is 0. The number of aliphatic carboxylic acids is 1. The summed E-state index contributed by atoms with van der Waals surface area (Å²) in [4.78, 5) is 12.8. The van der Waals surface area contributed by atoms with E-state index in [0.29, 0.717) is 5.57 Å². The molecule has 0 aliphatic rings. The number of hydrogen-bond donors (Lipinski definition) is 1. The first-order chi connectivity index (χ1) is 10.2. The van der Waals surface area contributed by atoms with Gasteiger partial charge in [-0.05, 0) is 0 Å². The summed E-state index contributed by atoms with van der Waals surface area (Å²) in [6, 6.07) is 15.6. The predicted molar refractivity (Wildman–Crippen MR) is 91.4 cm³/mol. The van der Waals surface area contributed by atoms with Gasteiger partial charge in [-0.2, -0.15) is 0 Å². The van der Waals surface area contributed by atoms with Crippen molar-refractivity contribution in [2.45, 2.75) is 10.7 Å². The van der Waals surface area contributed by atoms with Crippen LogP contribution in [0.3, 0.4) is 0 Å². The number of hydrogen-bond acceptors (Lipinski definition) is 2. The normalized spacial score (nSPS) is 11.4. The van der Waals surface area contributed by atoms with Gasteiger partial charge in [-0.3, -0.25) is 0 Å². The van der Waals surface area contributed by atoms with Crippen molar-refractivity contribution in [3.63, 3.8) is 0 Å². The van der Waals surface area contributed by atoms with E-state index in [9.17, 15) is 9.90 Å². The molecule has 2 aromatic carbocycles. The van der Waals surface area contributed by atoms with Crippen molar-refractivity contribution in [2.24, 2.45) is 0 Å². The van der Waals surface area contributed by atoms with Gasteiger partial charge in [0.25, 0.3) is 0 Å². The van der Waals surface area contributed by atoms with E-state index in [1.165, 1.54) is 0 Å². The van der Waals surface area contributed by atoms with Gasteiger partial charge in [-0.15, -0.1) is 0 Å². The van der Waals surface area contributed by atoms with Crippen molar-refractivity contribution in [3.05, 3.63) is 59.7 Å². The first-order valence-electron chi connectivity index (χ1n) is 6.38. The summed E-state index contributed by atoms with van der Waals surface area (Å²) in [6.07, 6.45) is 3.77. The van der Waals surface area contributed by atoms with Crippen LogP contribution in [0.25, 0.3) is 11.6 Å². The van der Waals surface area contributed by atoms with Crippen LogP contribution >= 0.6 is 11.8 Å². The minimum absolute atomic E-state index is 0.254. The van der Waals surface area contributed by atoms with Gasteiger partial charge < -0.3 is 0 Å². The van der Waals surface area contributed by atoms with Gasteiger partial charge in [-0.25, -0.2) is 0 Å². The minimum atomic E-state index is -0.886. The van der Waals surface area contributed by atoms with Gasteiger partial charge in [0.15, 0.2) is 0 Å². The molecule has 0 saturated heterocycles. The third kappa shape index (κ3) is 3.79. The molecule has 2 nitrogen and oxygen atoms in total. The van der Waals surface area contributed by atoms with E-state index in [-0.39, 0.29) is 15.0 Å². The zero-order valence-corrected chi connectivity index (χ0v) is 14.4. The molecule has 0 amide bonds. The molecule has 0 fully saturated rings. The van der Waals surface area contributed by atoms with Crippen LogP contribution in [-0.2, 0) is 4.79 Å². The van der Waals surface area contributed by atoms with E-state index < -0.39 is 5.97 Å². The molecule has 0 bridgehead atoms. The second-order valence-corrected chi connectivity index (χ2v) is 6.93. The Morgan fingerprint density at radius 2 is 1.81 bits per heavy atom. The van der Waals surface area contributed by atoms with Crippen LogP contribution in [0.15, 0.2) is 53.4 Å². The van der Waals surface area contributed by atoms with Crippen LogP contribution in [0.1, 0.15) is 11.1 Å². The van der Waals surface area contributed by atoms with Gasteiger partial charge in [0, 0.05) is 0 Å². The van der Waals surface area contributed by atoms with E-state index >= 15 is 0 Å². The Bertz CT molecular complexity index is 680. The monoisotopic (exact) mass is 364 g/mol. The average molecular weight is 363 g/mol. The second kappa shape index (κ2) is 7.51. The number of carboxylic acid groups (broad SMARTS) is 1. The molecule has 2 rings (SSSR count). The summed E-state index contributed by atoms with van der Waals surface area (Å²) in [6.45, 7) is 0. The van der Waals surface area contributed by atoms with Gasteiger partial charge in [-0.1, -0.05) is 0 Å². The number of carbonyl (C=O) groups is 1. The molecule has 4 heteroatoms. The van der Waals surface area contributed by atoms with Gasteiger partial charge in [0.05, 0.1) is 0 Å². The molecule has 0 saturated carbocycles. The van der Waals surface area contributed by atoms with Crippen molar-refractivity contribution >= 4 is 48.8 Å². The molecule has 0 atom stereocenters. The molecule has 108 valence electrons. The number of rotatable bonds is 5. The molecule has 0 aromatic heterocycles. The molecular weight excluding hydrogens is 347 g/mol. The van der Waals surface area contributed by atoms with Crippen LogP contribution in [0.2, 0.25) is 5.82 Å². The van der Waals surface area contributed by atoms with E-state index in [1.807, 2.05) is 54.8 Å². The van der Waals surface area contributed by atoms with E-state index in [0.717, 1.165) is 20.5 Å². The maximum atomic E-state index is 11.7. The molecule has 1 N–H and O–H groups in total. The summed E-state index contributed by atoms with van der Waals surface area (Å²) in [5.41, 5.74) is 2.13. The maximum absolute atomic E-state index is 11.7. The second-order valence-electron chi connectivity index (χ2n) is 4.31. The molecule has 2 aromatic rings. The van der Waals surface area contributed by atoms with Crippen LogP contribution in [0.4, 0.5) is 0 Å². The topological polar surface area (TPSA) is 37.3 Å². The van der Waals surface area contributed by atoms with Crippen LogP contribution < -0.4 is 4.46 Å². The molecule has 0 heterocycles. The Balaban J connectivity index is 2.58. The average Bonchev–Trinajstić information content (AvgIpc) is 2.52. The summed E-state index contributed by atoms with van der Waals surface area (Å²) in [5, 5.41) is 9.60. The van der Waals surface area contributed by atoms with Crippen LogP contribution in [0.5, 0.6) is 0 Å². The first kappa shape index (κ1) is 15.9. The van der Waals surface area contributed by atoms with Gasteiger partial charge in [0.2, 0.25) is 0 Å². The van der Waals surface area contributed by atoms with E-state index in [4.69, 9.17) is 0 Å². The molecule has 0 spiro atoms. The number of benzene rings is 2. The van der Waals surface area contributed by atoms with E-state index in [1.54, 1.807) is 17.8 Å². The summed E-state index contributed by atoms with van der Waals surface area (Å²) < 4.78 is 1.11. The molecule has 0 unspecified atom stereocenters. The Kier molecular flexibility index (Phi) is 5.68. The quantitative estimate of drug-likeness (QED) is 0.383. The van der Waals surface area contributed by atoms with Gasteiger partial charge >= 0.3 is 135 Å². The zero-order valence-electron chi connectivity index (χ0n) is 11.9. The van der Waals surface area contributed by atoms with Crippen molar-refractivity contribution in [2.75, 3.05) is 6.26 Å². The third-order valence-corrected chi connectivity index (χ3v) is 5.55. The SMILES string of the molecule is CSc1ccccc1/C=C(\C(=O)O)c1ccccc1[Se]C. The number of carboxylic acids is 1. The third-order valence-electron chi connectivity index (χ3n) is 3.07. The standard InChI is InChI=1S/C17H16O2SSe/c1-20-15-9-5-3-7-12(15)11-14(17(18)19)13-8-4-6-10-16(13)21-2/h3-11H,1-2H3,(H,18,19)/b14-11-. The van der Waals surface area contributed by atoms with Crippen molar-refractivity contribution in [3.8, 4) is 0 Å². The van der Waals surface area contributed by atoms with Crippen molar-refractivity contribution in [1.82, 2.24) is 0 Å². The summed E-state index contributed by atoms with van der Waals surface area (Å²) in [5.74, 6) is 1.21. The first-order valence-corrected chi connectivity index (χ1v) is 10.2. The van der Waals surface area contributed by atoms with Crippen LogP contribution in [0, 0.1) is 0 Å². The van der Waals surface area contributed by atoms with Crippen molar-refractivity contribution < 1.29 is 9.90 Å². The van der Waals surface area contributed by atoms with Crippen LogP contribution in [-0.4, -0.2) is 32.3 Å². The zero-order chi connectivity index (χ0) is 15.2. The fraction of sp³-hybridized carbons (Fsp3) is 0.118. The van der Waals surface area contributed by atoms with Crippen molar-refractivity contribution in [1.29, 1.82) is 0 Å². The Labute approximate surface area is 135 Å². The molecule has 21 heavy (non-hydrogen) atoms. The molecule has 0 radical (unpaired) electrons. The Morgan fingerprint density at radius 1 is 1.14 bits per heavy atom. The fourth-order valence-electron chi connectivity index (χ4n) is 2.06. The molecular formula is C17H16O2SSe. The molecule has 0 aliphatic carbocycles. The number of thioether (sulfide) groups is 1. The van der Waals surface area contributed by atoms with E-state index in [2.05, 4.69) is 5.82 Å². The fourth-order valence-corrected chi connectivity index (χ4v) is 3.93.